The Kier molecular flexibility index (Phi) is 6.67. The summed E-state index contributed by atoms with van der Waals surface area (Å²) in [5, 5.41) is 6.00. The van der Waals surface area contributed by atoms with Crippen molar-refractivity contribution in [3.8, 4) is 0 Å². The smallest absolute Gasteiger partial charge is 0.338 e. The molecule has 1 aromatic rings. The molecule has 0 fully saturated rings. The summed E-state index contributed by atoms with van der Waals surface area (Å²) in [6.45, 7) is 4.22. The van der Waals surface area contributed by atoms with Crippen LogP contribution >= 0.6 is 11.6 Å². The molecule has 6 heteroatoms. The van der Waals surface area contributed by atoms with Crippen molar-refractivity contribution in [1.82, 2.24) is 10.6 Å². The maximum absolute atomic E-state index is 12.5. The zero-order valence-electron chi connectivity index (χ0n) is 14.0. The third-order valence-corrected chi connectivity index (χ3v) is 4.18. The first kappa shape index (κ1) is 18.3. The van der Waals surface area contributed by atoms with Crippen LogP contribution in [0.2, 0.25) is 5.02 Å². The van der Waals surface area contributed by atoms with Crippen LogP contribution in [0, 0.1) is 0 Å². The molecule has 1 aromatic carbocycles. The van der Waals surface area contributed by atoms with Crippen molar-refractivity contribution in [2.24, 2.45) is 0 Å². The number of esters is 1. The number of urea groups is 1. The van der Waals surface area contributed by atoms with E-state index in [0.717, 1.165) is 31.2 Å². The summed E-state index contributed by atoms with van der Waals surface area (Å²) in [5.41, 5.74) is 1.72. The summed E-state index contributed by atoms with van der Waals surface area (Å²) in [7, 11) is 0. The molecule has 5 nitrogen and oxygen atoms in total. The van der Waals surface area contributed by atoms with Crippen molar-refractivity contribution >= 4 is 23.6 Å². The number of benzene rings is 1. The second kappa shape index (κ2) is 8.73. The van der Waals surface area contributed by atoms with E-state index in [-0.39, 0.29) is 6.03 Å². The van der Waals surface area contributed by atoms with E-state index in [2.05, 4.69) is 17.6 Å². The van der Waals surface area contributed by atoms with E-state index in [1.165, 1.54) is 0 Å². The Bertz CT molecular complexity index is 626. The number of unbranched alkanes of at least 4 members (excludes halogenated alkanes) is 3. The predicted octanol–water partition coefficient (Wildman–Crippen LogP) is 4.09. The highest BCUT2D eigenvalue weighted by atomic mass is 35.5. The van der Waals surface area contributed by atoms with Gasteiger partial charge in [0.25, 0.3) is 0 Å². The highest BCUT2D eigenvalue weighted by Gasteiger charge is 2.32. The number of hydrogen-bond acceptors (Lipinski definition) is 3. The average Bonchev–Trinajstić information content (AvgIpc) is 2.54. The third-order valence-electron chi connectivity index (χ3n) is 3.92. The maximum atomic E-state index is 12.5. The number of carbonyl (C=O) groups is 2. The molecule has 2 amide bonds. The van der Waals surface area contributed by atoms with Gasteiger partial charge in [-0.15, -0.1) is 0 Å². The van der Waals surface area contributed by atoms with Crippen LogP contribution in [0.5, 0.6) is 0 Å². The lowest BCUT2D eigenvalue weighted by molar-refractivity contribution is -0.139. The number of rotatable bonds is 7. The fraction of sp³-hybridized carbons (Fsp3) is 0.444. The molecule has 0 saturated heterocycles. The van der Waals surface area contributed by atoms with E-state index >= 15 is 0 Å². The first-order valence-electron chi connectivity index (χ1n) is 8.23. The Morgan fingerprint density at radius 3 is 2.58 bits per heavy atom. The summed E-state index contributed by atoms with van der Waals surface area (Å²) in [6, 6.07) is 6.16. The van der Waals surface area contributed by atoms with Crippen LogP contribution in [0.3, 0.4) is 0 Å². The lowest BCUT2D eigenvalue weighted by atomic mass is 9.95. The summed E-state index contributed by atoms with van der Waals surface area (Å²) >= 11 is 5.91. The van der Waals surface area contributed by atoms with Gasteiger partial charge in [0.2, 0.25) is 0 Å². The molecule has 0 saturated carbocycles. The topological polar surface area (TPSA) is 67.4 Å². The number of ether oxygens (including phenoxy) is 1. The van der Waals surface area contributed by atoms with Gasteiger partial charge in [-0.3, -0.25) is 0 Å². The van der Waals surface area contributed by atoms with Crippen LogP contribution in [0.4, 0.5) is 4.79 Å². The molecule has 0 aliphatic carbocycles. The van der Waals surface area contributed by atoms with Crippen molar-refractivity contribution < 1.29 is 14.3 Å². The van der Waals surface area contributed by atoms with Gasteiger partial charge in [0.05, 0.1) is 18.2 Å². The minimum Gasteiger partial charge on any atom is -0.462 e. The minimum atomic E-state index is -0.542. The first-order chi connectivity index (χ1) is 11.5. The largest absolute Gasteiger partial charge is 0.462 e. The molecule has 0 spiro atoms. The van der Waals surface area contributed by atoms with Gasteiger partial charge >= 0.3 is 12.0 Å². The van der Waals surface area contributed by atoms with Gasteiger partial charge in [0.15, 0.2) is 0 Å². The maximum Gasteiger partial charge on any atom is 0.338 e. The summed E-state index contributed by atoms with van der Waals surface area (Å²) in [4.78, 5) is 24.3. The molecule has 2 N–H and O–H groups in total. The number of amides is 2. The Balaban J connectivity index is 2.13. The number of halogens is 1. The number of hydrogen-bond donors (Lipinski definition) is 2. The van der Waals surface area contributed by atoms with E-state index in [4.69, 9.17) is 16.3 Å². The van der Waals surface area contributed by atoms with Gasteiger partial charge in [-0.1, -0.05) is 49.9 Å². The van der Waals surface area contributed by atoms with Crippen LogP contribution in [0.15, 0.2) is 35.5 Å². The normalized spacial score (nSPS) is 17.3. The second-order valence-electron chi connectivity index (χ2n) is 5.82. The molecule has 1 aliphatic heterocycles. The van der Waals surface area contributed by atoms with Gasteiger partial charge < -0.3 is 15.4 Å². The zero-order valence-corrected chi connectivity index (χ0v) is 14.8. The second-order valence-corrected chi connectivity index (χ2v) is 6.25. The van der Waals surface area contributed by atoms with Gasteiger partial charge in [0.1, 0.15) is 0 Å². The van der Waals surface area contributed by atoms with Crippen molar-refractivity contribution in [2.45, 2.75) is 45.6 Å². The first-order valence-corrected chi connectivity index (χ1v) is 8.61. The molecule has 24 heavy (non-hydrogen) atoms. The zero-order chi connectivity index (χ0) is 17.5. The van der Waals surface area contributed by atoms with E-state index < -0.39 is 12.0 Å². The van der Waals surface area contributed by atoms with E-state index in [9.17, 15) is 9.59 Å². The highest BCUT2D eigenvalue weighted by molar-refractivity contribution is 6.30. The average molecular weight is 351 g/mol. The van der Waals surface area contributed by atoms with Crippen LogP contribution in [-0.2, 0) is 9.53 Å². The summed E-state index contributed by atoms with van der Waals surface area (Å²) < 4.78 is 5.40. The van der Waals surface area contributed by atoms with Crippen LogP contribution < -0.4 is 10.6 Å². The lowest BCUT2D eigenvalue weighted by Crippen LogP contribution is -2.45. The van der Waals surface area contributed by atoms with Crippen LogP contribution in [0.1, 0.15) is 51.1 Å². The number of carbonyl (C=O) groups excluding carboxylic acids is 2. The minimum absolute atomic E-state index is 0.341. The summed E-state index contributed by atoms with van der Waals surface area (Å²) in [5.74, 6) is -0.406. The molecule has 0 radical (unpaired) electrons. The Morgan fingerprint density at radius 1 is 1.21 bits per heavy atom. The molecule has 2 rings (SSSR count). The lowest BCUT2D eigenvalue weighted by Gasteiger charge is -2.28. The van der Waals surface area contributed by atoms with Crippen molar-refractivity contribution in [2.75, 3.05) is 6.61 Å². The van der Waals surface area contributed by atoms with Crippen LogP contribution in [-0.4, -0.2) is 18.6 Å². The quantitative estimate of drug-likeness (QED) is 0.575. The molecule has 0 unspecified atom stereocenters. The van der Waals surface area contributed by atoms with E-state index in [1.807, 2.05) is 0 Å². The van der Waals surface area contributed by atoms with Crippen molar-refractivity contribution in [1.29, 1.82) is 0 Å². The van der Waals surface area contributed by atoms with Crippen molar-refractivity contribution in [3.63, 3.8) is 0 Å². The Morgan fingerprint density at radius 2 is 1.92 bits per heavy atom. The number of nitrogens with one attached hydrogen (secondary N) is 2. The standard InChI is InChI=1S/C18H23ClN2O3/c1-3-4-5-6-11-24-17(22)15-12(2)20-18(23)21-16(15)13-7-9-14(19)10-8-13/h7-10,16H,3-6,11H2,1-2H3,(H2,20,21,23)/t16-/m1/s1. The Hall–Kier alpha value is -2.01. The molecule has 0 bridgehead atoms. The number of allylic oxidation sites excluding steroid dienone is 1. The fourth-order valence-electron chi connectivity index (χ4n) is 2.64. The van der Waals surface area contributed by atoms with E-state index in [0.29, 0.717) is 22.9 Å². The fourth-order valence-corrected chi connectivity index (χ4v) is 2.77. The van der Waals surface area contributed by atoms with Gasteiger partial charge in [-0.25, -0.2) is 9.59 Å². The van der Waals surface area contributed by atoms with E-state index in [1.54, 1.807) is 31.2 Å². The molecule has 1 atom stereocenters. The molecule has 1 heterocycles. The molecule has 0 aromatic heterocycles. The summed E-state index contributed by atoms with van der Waals surface area (Å²) in [6.07, 6.45) is 4.14. The monoisotopic (exact) mass is 350 g/mol. The third kappa shape index (κ3) is 4.74. The molecular weight excluding hydrogens is 328 g/mol. The molecular formula is C18H23ClN2O3. The Labute approximate surface area is 147 Å². The van der Waals surface area contributed by atoms with Crippen LogP contribution in [0.25, 0.3) is 0 Å². The molecule has 1 aliphatic rings. The molecule has 130 valence electrons. The van der Waals surface area contributed by atoms with Gasteiger partial charge in [0, 0.05) is 10.7 Å². The predicted molar refractivity (Wildman–Crippen MR) is 93.7 cm³/mol. The highest BCUT2D eigenvalue weighted by Crippen LogP contribution is 2.28. The van der Waals surface area contributed by atoms with Gasteiger partial charge in [-0.2, -0.15) is 0 Å². The SMILES string of the molecule is CCCCCCOC(=O)C1=C(C)NC(=O)N[C@@H]1c1ccc(Cl)cc1. The van der Waals surface area contributed by atoms with Crippen molar-refractivity contribution in [3.05, 3.63) is 46.1 Å². The van der Waals surface area contributed by atoms with Gasteiger partial charge in [-0.05, 0) is 31.0 Å².